The zero-order chi connectivity index (χ0) is 24.3. The topological polar surface area (TPSA) is 129 Å². The molecule has 0 aliphatic carbocycles. The van der Waals surface area contributed by atoms with E-state index in [-0.39, 0.29) is 22.8 Å². The number of fused-ring (bicyclic) bond motifs is 1. The maximum Gasteiger partial charge on any atom is 0.419 e. The van der Waals surface area contributed by atoms with Gasteiger partial charge in [-0.05, 0) is 36.6 Å². The van der Waals surface area contributed by atoms with E-state index in [9.17, 15) is 18.0 Å². The van der Waals surface area contributed by atoms with Crippen molar-refractivity contribution in [2.24, 2.45) is 13.0 Å². The van der Waals surface area contributed by atoms with Crippen molar-refractivity contribution in [2.75, 3.05) is 19.5 Å². The lowest BCUT2D eigenvalue weighted by atomic mass is 10.0. The molecule has 1 amide bonds. The standard InChI is InChI=1S/C22H27N3O7S/c1-13(2)10-17(21(26)23-16-11-14(30-4)6-9-19(16)31-5)24-33(28,29)15-7-8-18-20(12-15)32-22(27)25(18)3/h6-9,11-13,17,24H,10H2,1-5H3,(H,23,26). The number of anilines is 1. The van der Waals surface area contributed by atoms with Crippen LogP contribution in [0.1, 0.15) is 20.3 Å². The zero-order valence-corrected chi connectivity index (χ0v) is 19.9. The molecule has 0 aliphatic heterocycles. The summed E-state index contributed by atoms with van der Waals surface area (Å²) in [6.45, 7) is 3.76. The number of carbonyl (C=O) groups is 1. The minimum atomic E-state index is -4.10. The Balaban J connectivity index is 1.90. The third-order valence-electron chi connectivity index (χ3n) is 5.06. The van der Waals surface area contributed by atoms with Crippen LogP contribution in [-0.4, -0.2) is 39.2 Å². The van der Waals surface area contributed by atoms with Gasteiger partial charge in [0.15, 0.2) is 5.58 Å². The third-order valence-corrected chi connectivity index (χ3v) is 6.53. The Morgan fingerprint density at radius 3 is 2.48 bits per heavy atom. The lowest BCUT2D eigenvalue weighted by Crippen LogP contribution is -2.44. The van der Waals surface area contributed by atoms with Crippen LogP contribution in [0.3, 0.4) is 0 Å². The molecule has 10 nitrogen and oxygen atoms in total. The van der Waals surface area contributed by atoms with Gasteiger partial charge in [-0.1, -0.05) is 13.8 Å². The molecule has 1 unspecified atom stereocenters. The van der Waals surface area contributed by atoms with Crippen molar-refractivity contribution in [1.29, 1.82) is 0 Å². The molecular weight excluding hydrogens is 450 g/mol. The van der Waals surface area contributed by atoms with Crippen LogP contribution in [0.2, 0.25) is 0 Å². The van der Waals surface area contributed by atoms with Crippen LogP contribution in [0, 0.1) is 5.92 Å². The van der Waals surface area contributed by atoms with E-state index >= 15 is 0 Å². The SMILES string of the molecule is COc1ccc(OC)c(NC(=O)C(CC(C)C)NS(=O)(=O)c2ccc3c(c2)oc(=O)n3C)c1. The molecule has 178 valence electrons. The van der Waals surface area contributed by atoms with E-state index in [0.717, 1.165) is 0 Å². The first-order chi connectivity index (χ1) is 15.6. The van der Waals surface area contributed by atoms with Crippen molar-refractivity contribution in [3.8, 4) is 11.5 Å². The number of methoxy groups -OCH3 is 2. The Morgan fingerprint density at radius 2 is 1.85 bits per heavy atom. The zero-order valence-electron chi connectivity index (χ0n) is 19.0. The molecule has 1 atom stereocenters. The van der Waals surface area contributed by atoms with Crippen molar-refractivity contribution in [3.63, 3.8) is 0 Å². The quantitative estimate of drug-likeness (QED) is 0.484. The number of sulfonamides is 1. The Labute approximate surface area is 191 Å². The highest BCUT2D eigenvalue weighted by molar-refractivity contribution is 7.89. The third kappa shape index (κ3) is 5.37. The minimum Gasteiger partial charge on any atom is -0.497 e. The van der Waals surface area contributed by atoms with Crippen LogP contribution in [0.5, 0.6) is 11.5 Å². The molecule has 33 heavy (non-hydrogen) atoms. The molecule has 3 aromatic rings. The lowest BCUT2D eigenvalue weighted by Gasteiger charge is -2.21. The van der Waals surface area contributed by atoms with Gasteiger partial charge in [0.1, 0.15) is 17.5 Å². The summed E-state index contributed by atoms with van der Waals surface area (Å²) in [5.41, 5.74) is 0.944. The van der Waals surface area contributed by atoms with Gasteiger partial charge in [-0.3, -0.25) is 9.36 Å². The molecule has 0 spiro atoms. The van der Waals surface area contributed by atoms with Crippen molar-refractivity contribution in [1.82, 2.24) is 9.29 Å². The summed E-state index contributed by atoms with van der Waals surface area (Å²) in [5.74, 6) is -0.224. The largest absolute Gasteiger partial charge is 0.497 e. The number of aryl methyl sites for hydroxylation is 1. The number of nitrogens with one attached hydrogen (secondary N) is 2. The summed E-state index contributed by atoms with van der Waals surface area (Å²) in [5, 5.41) is 2.72. The molecule has 0 radical (unpaired) electrons. The van der Waals surface area contributed by atoms with Gasteiger partial charge in [-0.25, -0.2) is 13.2 Å². The van der Waals surface area contributed by atoms with Crippen LogP contribution in [-0.2, 0) is 21.9 Å². The number of nitrogens with zero attached hydrogens (tertiary/aromatic N) is 1. The minimum absolute atomic E-state index is 0.0188. The first-order valence-electron chi connectivity index (χ1n) is 10.2. The molecule has 3 rings (SSSR count). The number of hydrogen-bond acceptors (Lipinski definition) is 7. The molecule has 2 N–H and O–H groups in total. The molecule has 0 saturated heterocycles. The fourth-order valence-electron chi connectivity index (χ4n) is 3.35. The van der Waals surface area contributed by atoms with E-state index in [1.165, 1.54) is 44.0 Å². The number of oxazole rings is 1. The summed E-state index contributed by atoms with van der Waals surface area (Å²) >= 11 is 0. The smallest absolute Gasteiger partial charge is 0.419 e. The molecule has 0 bridgehead atoms. The van der Waals surface area contributed by atoms with Gasteiger partial charge in [-0.15, -0.1) is 0 Å². The maximum absolute atomic E-state index is 13.1. The van der Waals surface area contributed by atoms with Crippen LogP contribution in [0.4, 0.5) is 5.69 Å². The molecular formula is C22H27N3O7S. The average molecular weight is 478 g/mol. The van der Waals surface area contributed by atoms with Crippen molar-refractivity contribution in [3.05, 3.63) is 46.9 Å². The first kappa shape index (κ1) is 24.3. The predicted octanol–water partition coefficient (Wildman–Crippen LogP) is 2.48. The van der Waals surface area contributed by atoms with E-state index in [4.69, 9.17) is 13.9 Å². The fourth-order valence-corrected chi connectivity index (χ4v) is 4.57. The van der Waals surface area contributed by atoms with Crippen LogP contribution in [0.15, 0.2) is 50.5 Å². The lowest BCUT2D eigenvalue weighted by molar-refractivity contribution is -0.118. The number of carbonyl (C=O) groups excluding carboxylic acids is 1. The normalized spacial score (nSPS) is 12.7. The van der Waals surface area contributed by atoms with Gasteiger partial charge in [-0.2, -0.15) is 4.72 Å². The average Bonchev–Trinajstić information content (AvgIpc) is 3.05. The number of benzene rings is 2. The highest BCUT2D eigenvalue weighted by Gasteiger charge is 2.28. The van der Waals surface area contributed by atoms with Crippen molar-refractivity contribution < 1.29 is 27.1 Å². The molecule has 0 fully saturated rings. The van der Waals surface area contributed by atoms with E-state index in [0.29, 0.717) is 22.7 Å². The highest BCUT2D eigenvalue weighted by atomic mass is 32.2. The summed E-state index contributed by atoms with van der Waals surface area (Å²) in [6, 6.07) is 7.93. The second-order valence-electron chi connectivity index (χ2n) is 7.92. The maximum atomic E-state index is 13.1. The molecule has 11 heteroatoms. The molecule has 1 heterocycles. The molecule has 0 saturated carbocycles. The number of ether oxygens (including phenoxy) is 2. The van der Waals surface area contributed by atoms with Gasteiger partial charge in [0.05, 0.1) is 30.3 Å². The van der Waals surface area contributed by atoms with Crippen LogP contribution in [0.25, 0.3) is 11.1 Å². The number of aromatic nitrogens is 1. The van der Waals surface area contributed by atoms with E-state index in [2.05, 4.69) is 10.0 Å². The van der Waals surface area contributed by atoms with Gasteiger partial charge < -0.3 is 19.2 Å². The van der Waals surface area contributed by atoms with Gasteiger partial charge in [0.2, 0.25) is 15.9 Å². The van der Waals surface area contributed by atoms with Gasteiger partial charge >= 0.3 is 5.76 Å². The van der Waals surface area contributed by atoms with Crippen molar-refractivity contribution >= 4 is 32.7 Å². The summed E-state index contributed by atoms with van der Waals surface area (Å²) < 4.78 is 45.5. The second kappa shape index (κ2) is 9.67. The second-order valence-corrected chi connectivity index (χ2v) is 9.63. The van der Waals surface area contributed by atoms with Gasteiger partial charge in [0, 0.05) is 19.2 Å². The molecule has 2 aromatic carbocycles. The predicted molar refractivity (Wildman–Crippen MR) is 123 cm³/mol. The van der Waals surface area contributed by atoms with Crippen molar-refractivity contribution in [2.45, 2.75) is 31.2 Å². The van der Waals surface area contributed by atoms with E-state index in [1.54, 1.807) is 18.2 Å². The molecule has 1 aromatic heterocycles. The Kier molecular flexibility index (Phi) is 7.13. The number of hydrogen-bond donors (Lipinski definition) is 2. The molecule has 0 aliphatic rings. The fraction of sp³-hybridized carbons (Fsp3) is 0.364. The number of rotatable bonds is 9. The highest BCUT2D eigenvalue weighted by Crippen LogP contribution is 2.29. The summed E-state index contributed by atoms with van der Waals surface area (Å²) in [6.07, 6.45) is 0.250. The number of amides is 1. The van der Waals surface area contributed by atoms with E-state index < -0.39 is 27.7 Å². The summed E-state index contributed by atoms with van der Waals surface area (Å²) in [4.78, 5) is 24.7. The Bertz CT molecular complexity index is 1330. The van der Waals surface area contributed by atoms with Gasteiger partial charge in [0.25, 0.3) is 0 Å². The first-order valence-corrected chi connectivity index (χ1v) is 11.7. The summed E-state index contributed by atoms with van der Waals surface area (Å²) in [7, 11) is 0.377. The monoisotopic (exact) mass is 477 g/mol. The van der Waals surface area contributed by atoms with Crippen LogP contribution < -0.4 is 25.3 Å². The van der Waals surface area contributed by atoms with Crippen LogP contribution >= 0.6 is 0 Å². The van der Waals surface area contributed by atoms with E-state index in [1.807, 2.05) is 13.8 Å². The Morgan fingerprint density at radius 1 is 1.12 bits per heavy atom. The Hall–Kier alpha value is -3.31.